The normalized spacial score (nSPS) is 17.0. The molecule has 132 valence electrons. The molecule has 7 nitrogen and oxygen atoms in total. The Morgan fingerprint density at radius 2 is 2.12 bits per heavy atom. The van der Waals surface area contributed by atoms with E-state index in [1.54, 1.807) is 18.2 Å². The number of aromatic nitrogens is 2. The Bertz CT molecular complexity index is 1020. The average molecular weight is 415 g/mol. The number of para-hydroxylation sites is 2. The Kier molecular flexibility index (Phi) is 4.12. The van der Waals surface area contributed by atoms with Crippen LogP contribution in [0.15, 0.2) is 46.9 Å². The molecule has 2 amide bonds. The summed E-state index contributed by atoms with van der Waals surface area (Å²) in [4.78, 5) is 26.5. The zero-order valence-electron chi connectivity index (χ0n) is 13.6. The smallest absolute Gasteiger partial charge is 0.229 e. The predicted molar refractivity (Wildman–Crippen MR) is 101 cm³/mol. The molecule has 1 aromatic heterocycles. The molecule has 1 aliphatic rings. The van der Waals surface area contributed by atoms with Crippen molar-refractivity contribution >= 4 is 50.2 Å². The van der Waals surface area contributed by atoms with Crippen molar-refractivity contribution in [2.45, 2.75) is 6.42 Å². The van der Waals surface area contributed by atoms with Crippen LogP contribution in [0, 0.1) is 5.92 Å². The molecule has 0 radical (unpaired) electrons. The van der Waals surface area contributed by atoms with Gasteiger partial charge in [0.2, 0.25) is 11.8 Å². The standard InChI is InChI=1S/C18H15BrN4O3/c19-11-5-6-12-14(8-11)21-22-17(12)23-9-10(7-16(23)25)18(26)20-13-3-1-2-4-15(13)24/h1-6,8,10,24H,7,9H2,(H,20,26)(H,21,22). The summed E-state index contributed by atoms with van der Waals surface area (Å²) in [6.07, 6.45) is 0.101. The maximum atomic E-state index is 12.5. The van der Waals surface area contributed by atoms with Gasteiger partial charge in [0.25, 0.3) is 0 Å². The number of halogens is 1. The molecule has 2 heterocycles. The zero-order valence-corrected chi connectivity index (χ0v) is 15.2. The van der Waals surface area contributed by atoms with Crippen LogP contribution in [-0.4, -0.2) is 33.7 Å². The summed E-state index contributed by atoms with van der Waals surface area (Å²) >= 11 is 3.40. The first-order valence-electron chi connectivity index (χ1n) is 8.06. The molecule has 1 aliphatic heterocycles. The van der Waals surface area contributed by atoms with Crippen LogP contribution in [0.3, 0.4) is 0 Å². The maximum absolute atomic E-state index is 12.5. The van der Waals surface area contributed by atoms with Crippen molar-refractivity contribution in [1.29, 1.82) is 0 Å². The van der Waals surface area contributed by atoms with E-state index in [1.807, 2.05) is 18.2 Å². The molecule has 0 bridgehead atoms. The topological polar surface area (TPSA) is 98.3 Å². The number of aromatic hydroxyl groups is 1. The average Bonchev–Trinajstić information content (AvgIpc) is 3.19. The lowest BCUT2D eigenvalue weighted by molar-refractivity contribution is -0.122. The lowest BCUT2D eigenvalue weighted by atomic mass is 10.1. The second-order valence-corrected chi connectivity index (χ2v) is 7.06. The molecular weight excluding hydrogens is 400 g/mol. The van der Waals surface area contributed by atoms with E-state index in [9.17, 15) is 14.7 Å². The summed E-state index contributed by atoms with van der Waals surface area (Å²) in [5.74, 6) is -0.450. The van der Waals surface area contributed by atoms with Crippen molar-refractivity contribution in [3.05, 3.63) is 46.9 Å². The minimum Gasteiger partial charge on any atom is -0.506 e. The Morgan fingerprint density at radius 3 is 2.92 bits per heavy atom. The number of rotatable bonds is 3. The van der Waals surface area contributed by atoms with Crippen LogP contribution in [-0.2, 0) is 9.59 Å². The van der Waals surface area contributed by atoms with Gasteiger partial charge in [-0.3, -0.25) is 19.6 Å². The molecule has 1 fully saturated rings. The Hall–Kier alpha value is -2.87. The van der Waals surface area contributed by atoms with Crippen molar-refractivity contribution in [2.75, 3.05) is 16.8 Å². The molecule has 8 heteroatoms. The summed E-state index contributed by atoms with van der Waals surface area (Å²) < 4.78 is 0.910. The molecule has 0 aliphatic carbocycles. The highest BCUT2D eigenvalue weighted by molar-refractivity contribution is 9.10. The van der Waals surface area contributed by atoms with Crippen molar-refractivity contribution in [2.24, 2.45) is 5.92 Å². The summed E-state index contributed by atoms with van der Waals surface area (Å²) in [6.45, 7) is 0.244. The fourth-order valence-corrected chi connectivity index (χ4v) is 3.45. The Labute approximate surface area is 157 Å². The number of hydrogen-bond donors (Lipinski definition) is 3. The van der Waals surface area contributed by atoms with Gasteiger partial charge < -0.3 is 10.4 Å². The number of phenolic OH excluding ortho intramolecular Hbond substituents is 1. The number of anilines is 2. The van der Waals surface area contributed by atoms with Crippen molar-refractivity contribution in [3.63, 3.8) is 0 Å². The number of nitrogens with one attached hydrogen (secondary N) is 2. The number of benzene rings is 2. The minimum absolute atomic E-state index is 0.00842. The molecule has 1 unspecified atom stereocenters. The molecule has 1 atom stereocenters. The predicted octanol–water partition coefficient (Wildman–Crippen LogP) is 3.02. The number of hydrogen-bond acceptors (Lipinski definition) is 4. The molecular formula is C18H15BrN4O3. The number of aromatic amines is 1. The van der Waals surface area contributed by atoms with E-state index < -0.39 is 5.92 Å². The first kappa shape index (κ1) is 16.6. The lowest BCUT2D eigenvalue weighted by Crippen LogP contribution is -2.28. The highest BCUT2D eigenvalue weighted by Crippen LogP contribution is 2.32. The molecule has 26 heavy (non-hydrogen) atoms. The number of nitrogens with zero attached hydrogens (tertiary/aromatic N) is 2. The summed E-state index contributed by atoms with van der Waals surface area (Å²) in [7, 11) is 0. The van der Waals surface area contributed by atoms with E-state index in [0.717, 1.165) is 15.4 Å². The highest BCUT2D eigenvalue weighted by atomic mass is 79.9. The second kappa shape index (κ2) is 6.45. The van der Waals surface area contributed by atoms with Gasteiger partial charge in [-0.1, -0.05) is 28.1 Å². The van der Waals surface area contributed by atoms with Crippen LogP contribution in [0.4, 0.5) is 11.5 Å². The number of phenols is 1. The van der Waals surface area contributed by atoms with E-state index in [4.69, 9.17) is 0 Å². The van der Waals surface area contributed by atoms with Gasteiger partial charge in [0.05, 0.1) is 17.1 Å². The molecule has 2 aromatic carbocycles. The number of amides is 2. The van der Waals surface area contributed by atoms with Gasteiger partial charge in [0.15, 0.2) is 5.82 Å². The minimum atomic E-state index is -0.510. The quantitative estimate of drug-likeness (QED) is 0.573. The van der Waals surface area contributed by atoms with Crippen LogP contribution < -0.4 is 10.2 Å². The summed E-state index contributed by atoms with van der Waals surface area (Å²) in [6, 6.07) is 12.1. The number of carbonyl (C=O) groups is 2. The van der Waals surface area contributed by atoms with Crippen LogP contribution in [0.25, 0.3) is 10.9 Å². The fraction of sp³-hybridized carbons (Fsp3) is 0.167. The first-order chi connectivity index (χ1) is 12.5. The maximum Gasteiger partial charge on any atom is 0.229 e. The van der Waals surface area contributed by atoms with Gasteiger partial charge in [-0.05, 0) is 30.3 Å². The number of carbonyl (C=O) groups excluding carboxylic acids is 2. The zero-order chi connectivity index (χ0) is 18.3. The fourth-order valence-electron chi connectivity index (χ4n) is 3.09. The van der Waals surface area contributed by atoms with Gasteiger partial charge in [-0.2, -0.15) is 5.10 Å². The molecule has 4 rings (SSSR count). The van der Waals surface area contributed by atoms with Gasteiger partial charge in [0, 0.05) is 22.8 Å². The van der Waals surface area contributed by atoms with Crippen LogP contribution in [0.2, 0.25) is 0 Å². The van der Waals surface area contributed by atoms with E-state index in [1.165, 1.54) is 11.0 Å². The summed E-state index contributed by atoms with van der Waals surface area (Å²) in [5, 5.41) is 20.4. The first-order valence-corrected chi connectivity index (χ1v) is 8.85. The Morgan fingerprint density at radius 1 is 1.31 bits per heavy atom. The molecule has 3 N–H and O–H groups in total. The van der Waals surface area contributed by atoms with E-state index in [0.29, 0.717) is 11.5 Å². The van der Waals surface area contributed by atoms with Crippen LogP contribution in [0.5, 0.6) is 5.75 Å². The van der Waals surface area contributed by atoms with Gasteiger partial charge in [-0.15, -0.1) is 0 Å². The van der Waals surface area contributed by atoms with E-state index in [2.05, 4.69) is 31.4 Å². The number of H-pyrrole nitrogens is 1. The third-order valence-electron chi connectivity index (χ3n) is 4.42. The van der Waals surface area contributed by atoms with E-state index >= 15 is 0 Å². The van der Waals surface area contributed by atoms with Crippen LogP contribution in [0.1, 0.15) is 6.42 Å². The monoisotopic (exact) mass is 414 g/mol. The van der Waals surface area contributed by atoms with Gasteiger partial charge >= 0.3 is 0 Å². The summed E-state index contributed by atoms with van der Waals surface area (Å²) in [5.41, 5.74) is 1.14. The van der Waals surface area contributed by atoms with Crippen LogP contribution >= 0.6 is 15.9 Å². The SMILES string of the molecule is O=C(Nc1ccccc1O)C1CC(=O)N(c2n[nH]c3cc(Br)ccc23)C1. The van der Waals surface area contributed by atoms with Gasteiger partial charge in [0.1, 0.15) is 5.75 Å². The lowest BCUT2D eigenvalue weighted by Gasteiger charge is -2.14. The number of fused-ring (bicyclic) bond motifs is 1. The van der Waals surface area contributed by atoms with Crippen molar-refractivity contribution in [3.8, 4) is 5.75 Å². The largest absolute Gasteiger partial charge is 0.506 e. The van der Waals surface area contributed by atoms with E-state index in [-0.39, 0.29) is 30.5 Å². The third kappa shape index (κ3) is 2.92. The second-order valence-electron chi connectivity index (χ2n) is 6.15. The highest BCUT2D eigenvalue weighted by Gasteiger charge is 2.37. The van der Waals surface area contributed by atoms with Crippen molar-refractivity contribution < 1.29 is 14.7 Å². The molecule has 0 spiro atoms. The third-order valence-corrected chi connectivity index (χ3v) is 4.91. The molecule has 3 aromatic rings. The Balaban J connectivity index is 1.55. The van der Waals surface area contributed by atoms with Crippen molar-refractivity contribution in [1.82, 2.24) is 10.2 Å². The molecule has 0 saturated carbocycles. The van der Waals surface area contributed by atoms with Gasteiger partial charge in [-0.25, -0.2) is 0 Å². The molecule has 1 saturated heterocycles.